The fourth-order valence-electron chi connectivity index (χ4n) is 1.45. The summed E-state index contributed by atoms with van der Waals surface area (Å²) < 4.78 is 10.3. The molecule has 2 N–H and O–H groups in total. The highest BCUT2D eigenvalue weighted by molar-refractivity contribution is 5.76. The van der Waals surface area contributed by atoms with E-state index in [-0.39, 0.29) is 11.5 Å². The summed E-state index contributed by atoms with van der Waals surface area (Å²) >= 11 is 0. The number of aldehydes is 2. The van der Waals surface area contributed by atoms with Crippen molar-refractivity contribution in [3.8, 4) is 11.5 Å². The Morgan fingerprint density at radius 1 is 1.21 bits per heavy atom. The summed E-state index contributed by atoms with van der Waals surface area (Å²) in [6.07, 6.45) is -2.65. The van der Waals surface area contributed by atoms with E-state index in [9.17, 15) is 19.8 Å². The Morgan fingerprint density at radius 3 is 2.37 bits per heavy atom. The molecule has 3 atom stereocenters. The number of aliphatic hydroxyl groups excluding tert-OH is 2. The van der Waals surface area contributed by atoms with E-state index in [0.29, 0.717) is 18.1 Å². The molecule has 0 saturated carbocycles. The third-order valence-corrected chi connectivity index (χ3v) is 2.55. The van der Waals surface area contributed by atoms with Crippen molar-refractivity contribution in [2.45, 2.75) is 25.2 Å². The van der Waals surface area contributed by atoms with Crippen molar-refractivity contribution in [3.63, 3.8) is 0 Å². The van der Waals surface area contributed by atoms with Crippen molar-refractivity contribution in [1.29, 1.82) is 0 Å². The first-order chi connectivity index (χ1) is 9.03. The Kier molecular flexibility index (Phi) is 5.47. The molecule has 0 aliphatic rings. The van der Waals surface area contributed by atoms with E-state index in [1.807, 2.05) is 0 Å². The van der Waals surface area contributed by atoms with Gasteiger partial charge >= 0.3 is 0 Å². The zero-order chi connectivity index (χ0) is 14.4. The topological polar surface area (TPSA) is 93.1 Å². The van der Waals surface area contributed by atoms with Crippen LogP contribution in [0.1, 0.15) is 17.3 Å². The summed E-state index contributed by atoms with van der Waals surface area (Å²) in [5, 5.41) is 18.9. The highest BCUT2D eigenvalue weighted by atomic mass is 16.5. The minimum absolute atomic E-state index is 0.199. The molecule has 0 bridgehead atoms. The minimum Gasteiger partial charge on any atom is -0.493 e. The average Bonchev–Trinajstić information content (AvgIpc) is 2.43. The quantitative estimate of drug-likeness (QED) is 0.686. The first-order valence-corrected chi connectivity index (χ1v) is 5.64. The Hall–Kier alpha value is -1.92. The van der Waals surface area contributed by atoms with Crippen molar-refractivity contribution >= 4 is 12.6 Å². The van der Waals surface area contributed by atoms with Crippen LogP contribution in [-0.2, 0) is 4.79 Å². The van der Waals surface area contributed by atoms with E-state index < -0.39 is 18.3 Å². The molecule has 1 aromatic rings. The molecule has 0 aromatic heterocycles. The zero-order valence-corrected chi connectivity index (χ0v) is 10.6. The third kappa shape index (κ3) is 3.77. The maximum Gasteiger partial charge on any atom is 0.182 e. The van der Waals surface area contributed by atoms with Crippen LogP contribution in [0.15, 0.2) is 18.2 Å². The molecular formula is C13H16O6. The minimum atomic E-state index is -1.35. The molecule has 1 rings (SSSR count). The molecule has 104 valence electrons. The van der Waals surface area contributed by atoms with Gasteiger partial charge in [0.25, 0.3) is 0 Å². The molecule has 0 amide bonds. The molecule has 0 aliphatic carbocycles. The molecular weight excluding hydrogens is 252 g/mol. The van der Waals surface area contributed by atoms with Gasteiger partial charge in [0.15, 0.2) is 23.9 Å². The summed E-state index contributed by atoms with van der Waals surface area (Å²) in [6.45, 7) is 1.34. The molecule has 6 nitrogen and oxygen atoms in total. The van der Waals surface area contributed by atoms with Crippen molar-refractivity contribution in [3.05, 3.63) is 23.8 Å². The van der Waals surface area contributed by atoms with Crippen LogP contribution in [-0.4, -0.2) is 48.2 Å². The zero-order valence-electron chi connectivity index (χ0n) is 10.6. The van der Waals surface area contributed by atoms with Crippen LogP contribution in [0.25, 0.3) is 0 Å². The van der Waals surface area contributed by atoms with Gasteiger partial charge in [-0.1, -0.05) is 0 Å². The van der Waals surface area contributed by atoms with Crippen LogP contribution in [0.5, 0.6) is 11.5 Å². The fraction of sp³-hybridized carbons (Fsp3) is 0.385. The van der Waals surface area contributed by atoms with E-state index >= 15 is 0 Å². The number of aliphatic hydroxyl groups is 2. The number of hydrogen-bond acceptors (Lipinski definition) is 6. The number of carbonyl (C=O) groups is 2. The molecule has 0 spiro atoms. The van der Waals surface area contributed by atoms with E-state index in [0.717, 1.165) is 0 Å². The number of hydrogen-bond donors (Lipinski definition) is 2. The van der Waals surface area contributed by atoms with Crippen molar-refractivity contribution in [2.24, 2.45) is 0 Å². The van der Waals surface area contributed by atoms with Crippen LogP contribution < -0.4 is 9.47 Å². The predicted molar refractivity (Wildman–Crippen MR) is 66.5 cm³/mol. The Morgan fingerprint density at radius 2 is 1.89 bits per heavy atom. The molecule has 0 heterocycles. The largest absolute Gasteiger partial charge is 0.493 e. The van der Waals surface area contributed by atoms with Gasteiger partial charge < -0.3 is 19.7 Å². The molecule has 0 saturated heterocycles. The van der Waals surface area contributed by atoms with Gasteiger partial charge in [0.2, 0.25) is 0 Å². The molecule has 1 aromatic carbocycles. The number of benzene rings is 1. The summed E-state index contributed by atoms with van der Waals surface area (Å²) in [4.78, 5) is 21.5. The first kappa shape index (κ1) is 15.1. The van der Waals surface area contributed by atoms with Crippen LogP contribution in [0.4, 0.5) is 0 Å². The Bertz CT molecular complexity index is 443. The van der Waals surface area contributed by atoms with Crippen LogP contribution in [0.2, 0.25) is 0 Å². The lowest BCUT2D eigenvalue weighted by atomic mass is 10.1. The van der Waals surface area contributed by atoms with Crippen molar-refractivity contribution in [1.82, 2.24) is 0 Å². The van der Waals surface area contributed by atoms with Gasteiger partial charge in [-0.05, 0) is 25.1 Å². The van der Waals surface area contributed by atoms with Gasteiger partial charge in [-0.25, -0.2) is 0 Å². The highest BCUT2D eigenvalue weighted by Gasteiger charge is 2.25. The molecule has 0 fully saturated rings. The molecule has 6 heteroatoms. The fourth-order valence-corrected chi connectivity index (χ4v) is 1.45. The number of methoxy groups -OCH3 is 1. The number of ether oxygens (including phenoxy) is 2. The van der Waals surface area contributed by atoms with E-state index in [2.05, 4.69) is 0 Å². The first-order valence-electron chi connectivity index (χ1n) is 5.64. The lowest BCUT2D eigenvalue weighted by Gasteiger charge is -2.22. The second kappa shape index (κ2) is 6.86. The molecule has 0 radical (unpaired) electrons. The van der Waals surface area contributed by atoms with E-state index in [1.54, 1.807) is 0 Å². The maximum absolute atomic E-state index is 10.9. The van der Waals surface area contributed by atoms with Crippen LogP contribution in [0, 0.1) is 0 Å². The van der Waals surface area contributed by atoms with Gasteiger partial charge in [0.1, 0.15) is 12.4 Å². The third-order valence-electron chi connectivity index (χ3n) is 2.55. The summed E-state index contributed by atoms with van der Waals surface area (Å²) in [7, 11) is 1.39. The average molecular weight is 268 g/mol. The van der Waals surface area contributed by atoms with Crippen LogP contribution >= 0.6 is 0 Å². The van der Waals surface area contributed by atoms with Gasteiger partial charge in [-0.15, -0.1) is 0 Å². The standard InChI is InChI=1S/C13H16O6/c1-8(16)13(17)12(7-15)19-10-4-3-9(6-14)5-11(10)18-2/h3-8,12-13,16-17H,1-2H3. The highest BCUT2D eigenvalue weighted by Crippen LogP contribution is 2.28. The monoisotopic (exact) mass is 268 g/mol. The maximum atomic E-state index is 10.9. The van der Waals surface area contributed by atoms with E-state index in [1.165, 1.54) is 32.2 Å². The van der Waals surface area contributed by atoms with Gasteiger partial charge in [0, 0.05) is 5.56 Å². The summed E-state index contributed by atoms with van der Waals surface area (Å²) in [6, 6.07) is 4.38. The van der Waals surface area contributed by atoms with Gasteiger partial charge in [0.05, 0.1) is 13.2 Å². The SMILES string of the molecule is COc1cc(C=O)ccc1OC(C=O)C(O)C(C)O. The molecule has 0 aliphatic heterocycles. The Labute approximate surface area is 110 Å². The van der Waals surface area contributed by atoms with Gasteiger partial charge in [-0.2, -0.15) is 0 Å². The smallest absolute Gasteiger partial charge is 0.182 e. The predicted octanol–water partition coefficient (Wildman–Crippen LogP) is 0.196. The second-order valence-electron chi connectivity index (χ2n) is 3.98. The second-order valence-corrected chi connectivity index (χ2v) is 3.98. The summed E-state index contributed by atoms with van der Waals surface area (Å²) in [5.41, 5.74) is 0.392. The number of carbonyl (C=O) groups excluding carboxylic acids is 2. The lowest BCUT2D eigenvalue weighted by molar-refractivity contribution is -0.122. The van der Waals surface area contributed by atoms with Crippen molar-refractivity contribution in [2.75, 3.05) is 7.11 Å². The Balaban J connectivity index is 2.96. The molecule has 3 unspecified atom stereocenters. The van der Waals surface area contributed by atoms with Crippen molar-refractivity contribution < 1.29 is 29.3 Å². The van der Waals surface area contributed by atoms with E-state index in [4.69, 9.17) is 9.47 Å². The number of rotatable bonds is 7. The summed E-state index contributed by atoms with van der Waals surface area (Å²) in [5.74, 6) is 0.458. The van der Waals surface area contributed by atoms with Crippen LogP contribution in [0.3, 0.4) is 0 Å². The van der Waals surface area contributed by atoms with Gasteiger partial charge in [-0.3, -0.25) is 9.59 Å². The molecule has 19 heavy (non-hydrogen) atoms. The normalized spacial score (nSPS) is 15.2. The lowest BCUT2D eigenvalue weighted by Crippen LogP contribution is -2.40.